The number of benzene rings is 3. The summed E-state index contributed by atoms with van der Waals surface area (Å²) in [6.07, 6.45) is 1.02. The Kier molecular flexibility index (Phi) is 9.53. The number of halogens is 1. The van der Waals surface area contributed by atoms with Crippen LogP contribution in [-0.2, 0) is 22.5 Å². The largest absolute Gasteiger partial charge is 0.480 e. The van der Waals surface area contributed by atoms with Crippen molar-refractivity contribution in [2.24, 2.45) is 0 Å². The summed E-state index contributed by atoms with van der Waals surface area (Å²) in [7, 11) is 0. The number of rotatable bonds is 11. The third kappa shape index (κ3) is 7.48. The van der Waals surface area contributed by atoms with Gasteiger partial charge in [0.25, 0.3) is 5.91 Å². The highest BCUT2D eigenvalue weighted by Gasteiger charge is 2.21. The molecule has 1 aromatic heterocycles. The van der Waals surface area contributed by atoms with E-state index < -0.39 is 30.1 Å². The lowest BCUT2D eigenvalue weighted by atomic mass is 10.0. The number of alkyl carbamates (subject to hydrolysis) is 1. The van der Waals surface area contributed by atoms with E-state index in [1.165, 1.54) is 6.26 Å². The fraction of sp³-hybridized carbons (Fsp3) is 0.200. The van der Waals surface area contributed by atoms with E-state index in [0.29, 0.717) is 39.4 Å². The predicted molar refractivity (Wildman–Crippen MR) is 149 cm³/mol. The molecule has 3 aromatic carbocycles. The molecule has 4 aromatic rings. The molecule has 206 valence electrons. The van der Waals surface area contributed by atoms with E-state index in [-0.39, 0.29) is 13.0 Å². The monoisotopic (exact) mass is 561 g/mol. The van der Waals surface area contributed by atoms with Crippen molar-refractivity contribution in [2.75, 3.05) is 0 Å². The summed E-state index contributed by atoms with van der Waals surface area (Å²) in [5.41, 5.74) is 3.73. The fourth-order valence-electron chi connectivity index (χ4n) is 4.09. The molecule has 3 N–H and O–H groups in total. The summed E-state index contributed by atoms with van der Waals surface area (Å²) in [4.78, 5) is 36.8. The molecule has 2 amide bonds. The van der Waals surface area contributed by atoms with Crippen LogP contribution in [0.4, 0.5) is 4.79 Å². The van der Waals surface area contributed by atoms with Gasteiger partial charge in [-0.15, -0.1) is 0 Å². The molecule has 0 radical (unpaired) electrons. The van der Waals surface area contributed by atoms with Gasteiger partial charge in [-0.05, 0) is 43.5 Å². The van der Waals surface area contributed by atoms with Gasteiger partial charge in [-0.25, -0.2) is 9.59 Å². The molecule has 0 aliphatic rings. The number of carboxylic acids is 1. The summed E-state index contributed by atoms with van der Waals surface area (Å²) in [5.74, 6) is -1.59. The first kappa shape index (κ1) is 28.4. The average molecular weight is 562 g/mol. The third-order valence-corrected chi connectivity index (χ3v) is 6.63. The van der Waals surface area contributed by atoms with Crippen LogP contribution in [0.5, 0.6) is 0 Å². The van der Waals surface area contributed by atoms with E-state index in [4.69, 9.17) is 20.9 Å². The van der Waals surface area contributed by atoms with Crippen LogP contribution in [0.3, 0.4) is 0 Å². The summed E-state index contributed by atoms with van der Waals surface area (Å²) in [6.45, 7) is 1.82. The molecule has 0 saturated carbocycles. The molecule has 0 aliphatic carbocycles. The number of carbonyl (C=O) groups is 3. The predicted octanol–water partition coefficient (Wildman–Crippen LogP) is 5.80. The minimum absolute atomic E-state index is 0.0941. The SMILES string of the molecule is CC(OC(=O)NCc1conc1-c1ccc(C(=O)NC(CCc2ccccc2)C(=O)O)cc1)c1ccccc1Cl. The van der Waals surface area contributed by atoms with E-state index in [0.717, 1.165) is 5.56 Å². The smallest absolute Gasteiger partial charge is 0.408 e. The first-order chi connectivity index (χ1) is 19.3. The van der Waals surface area contributed by atoms with E-state index in [1.807, 2.05) is 36.4 Å². The maximum absolute atomic E-state index is 12.7. The highest BCUT2D eigenvalue weighted by atomic mass is 35.5. The van der Waals surface area contributed by atoms with Crippen LogP contribution in [0.25, 0.3) is 11.3 Å². The van der Waals surface area contributed by atoms with Crippen LogP contribution in [0, 0.1) is 0 Å². The lowest BCUT2D eigenvalue weighted by molar-refractivity contribution is -0.139. The van der Waals surface area contributed by atoms with Crippen LogP contribution in [0.15, 0.2) is 89.6 Å². The maximum Gasteiger partial charge on any atom is 0.408 e. The van der Waals surface area contributed by atoms with Crippen LogP contribution in [0.2, 0.25) is 5.02 Å². The summed E-state index contributed by atoms with van der Waals surface area (Å²) in [5, 5.41) is 19.4. The normalized spacial score (nSPS) is 12.2. The summed E-state index contributed by atoms with van der Waals surface area (Å²) >= 11 is 6.17. The second-order valence-corrected chi connectivity index (χ2v) is 9.48. The summed E-state index contributed by atoms with van der Waals surface area (Å²) in [6, 6.07) is 22.1. The number of hydrogen-bond acceptors (Lipinski definition) is 6. The number of carbonyl (C=O) groups excluding carboxylic acids is 2. The lowest BCUT2D eigenvalue weighted by Crippen LogP contribution is -2.41. The fourth-order valence-corrected chi connectivity index (χ4v) is 4.38. The van der Waals surface area contributed by atoms with Gasteiger partial charge in [-0.1, -0.05) is 77.4 Å². The van der Waals surface area contributed by atoms with Crippen molar-refractivity contribution < 1.29 is 28.8 Å². The number of aliphatic carboxylic acids is 1. The number of aromatic nitrogens is 1. The maximum atomic E-state index is 12.7. The van der Waals surface area contributed by atoms with Gasteiger partial charge in [0.1, 0.15) is 24.1 Å². The zero-order valence-electron chi connectivity index (χ0n) is 21.7. The number of nitrogens with zero attached hydrogens (tertiary/aromatic N) is 1. The Morgan fingerprint density at radius 1 is 1.00 bits per heavy atom. The van der Waals surface area contributed by atoms with E-state index in [2.05, 4.69) is 15.8 Å². The van der Waals surface area contributed by atoms with Crippen LogP contribution in [-0.4, -0.2) is 34.3 Å². The van der Waals surface area contributed by atoms with Gasteiger partial charge in [-0.3, -0.25) is 4.79 Å². The zero-order chi connectivity index (χ0) is 28.5. The lowest BCUT2D eigenvalue weighted by Gasteiger charge is -2.15. The number of amides is 2. The van der Waals surface area contributed by atoms with Crippen LogP contribution in [0.1, 0.15) is 46.5 Å². The van der Waals surface area contributed by atoms with Gasteiger partial charge in [-0.2, -0.15) is 0 Å². The van der Waals surface area contributed by atoms with E-state index in [9.17, 15) is 19.5 Å². The molecule has 10 heteroatoms. The first-order valence-electron chi connectivity index (χ1n) is 12.6. The number of carboxylic acid groups (broad SMARTS) is 1. The van der Waals surface area contributed by atoms with Crippen molar-refractivity contribution in [1.82, 2.24) is 15.8 Å². The topological polar surface area (TPSA) is 131 Å². The number of nitrogens with one attached hydrogen (secondary N) is 2. The Bertz CT molecular complexity index is 1460. The number of ether oxygens (including phenoxy) is 1. The molecule has 2 atom stereocenters. The van der Waals surface area contributed by atoms with Gasteiger partial charge in [0.05, 0.1) is 6.54 Å². The van der Waals surface area contributed by atoms with Crippen LogP contribution < -0.4 is 10.6 Å². The quantitative estimate of drug-likeness (QED) is 0.211. The molecule has 0 saturated heterocycles. The Hall–Kier alpha value is -4.63. The Morgan fingerprint density at radius 2 is 1.70 bits per heavy atom. The first-order valence-corrected chi connectivity index (χ1v) is 13.0. The molecule has 0 aliphatic heterocycles. The summed E-state index contributed by atoms with van der Waals surface area (Å²) < 4.78 is 10.5. The minimum atomic E-state index is -1.10. The Labute approximate surface area is 236 Å². The van der Waals surface area contributed by atoms with Crippen molar-refractivity contribution in [3.63, 3.8) is 0 Å². The second-order valence-electron chi connectivity index (χ2n) is 9.08. The van der Waals surface area contributed by atoms with Crippen LogP contribution >= 0.6 is 11.6 Å². The van der Waals surface area contributed by atoms with E-state index in [1.54, 1.807) is 49.4 Å². The van der Waals surface area contributed by atoms with Gasteiger partial charge in [0, 0.05) is 27.3 Å². The van der Waals surface area contributed by atoms with Crippen molar-refractivity contribution in [1.29, 1.82) is 0 Å². The molecule has 1 heterocycles. The van der Waals surface area contributed by atoms with Gasteiger partial charge < -0.3 is 25.0 Å². The Balaban J connectivity index is 1.33. The molecule has 0 bridgehead atoms. The third-order valence-electron chi connectivity index (χ3n) is 6.28. The second kappa shape index (κ2) is 13.4. The number of hydrogen-bond donors (Lipinski definition) is 3. The van der Waals surface area contributed by atoms with E-state index >= 15 is 0 Å². The molecular formula is C30H28ClN3O6. The standard InChI is InChI=1S/C30H28ClN3O6/c1-19(24-9-5-6-10-25(24)31)40-30(38)32-17-23-18-39-34-27(23)21-12-14-22(15-13-21)28(35)33-26(29(36)37)16-11-20-7-3-2-4-8-20/h2-10,12-15,18-19,26H,11,16-17H2,1H3,(H,32,38)(H,33,35)(H,36,37). The molecular weight excluding hydrogens is 534 g/mol. The Morgan fingerprint density at radius 3 is 2.40 bits per heavy atom. The van der Waals surface area contributed by atoms with Crippen molar-refractivity contribution in [3.05, 3.63) is 112 Å². The van der Waals surface area contributed by atoms with Crippen molar-refractivity contribution >= 4 is 29.6 Å². The minimum Gasteiger partial charge on any atom is -0.480 e. The average Bonchev–Trinajstić information content (AvgIpc) is 3.43. The molecule has 9 nitrogen and oxygen atoms in total. The van der Waals surface area contributed by atoms with Gasteiger partial charge in [0.2, 0.25) is 0 Å². The highest BCUT2D eigenvalue weighted by Crippen LogP contribution is 2.26. The molecule has 4 rings (SSSR count). The van der Waals surface area contributed by atoms with Crippen molar-refractivity contribution in [2.45, 2.75) is 38.5 Å². The number of aryl methyl sites for hydroxylation is 1. The van der Waals surface area contributed by atoms with Gasteiger partial charge in [0.15, 0.2) is 0 Å². The van der Waals surface area contributed by atoms with Gasteiger partial charge >= 0.3 is 12.1 Å². The molecule has 0 fully saturated rings. The highest BCUT2D eigenvalue weighted by molar-refractivity contribution is 6.31. The molecule has 2 unspecified atom stereocenters. The van der Waals surface area contributed by atoms with Crippen molar-refractivity contribution in [3.8, 4) is 11.3 Å². The zero-order valence-corrected chi connectivity index (χ0v) is 22.4. The molecule has 40 heavy (non-hydrogen) atoms. The molecule has 0 spiro atoms.